The number of para-hydroxylation sites is 1. The number of likely N-dealkylation sites (N-methyl/N-ethyl adjacent to an activating group) is 1. The van der Waals surface area contributed by atoms with Gasteiger partial charge in [0.15, 0.2) is 11.5 Å². The summed E-state index contributed by atoms with van der Waals surface area (Å²) in [5.74, 6) is 1.31. The zero-order valence-electron chi connectivity index (χ0n) is 13.5. The van der Waals surface area contributed by atoms with Crippen LogP contribution in [0.3, 0.4) is 0 Å². The van der Waals surface area contributed by atoms with E-state index in [0.717, 1.165) is 23.3 Å². The van der Waals surface area contributed by atoms with E-state index in [4.69, 9.17) is 9.47 Å². The molecule has 0 aromatic heterocycles. The van der Waals surface area contributed by atoms with E-state index in [0.29, 0.717) is 12.3 Å². The molecule has 0 aliphatic carbocycles. The number of hydrogen-bond acceptors (Lipinski definition) is 3. The van der Waals surface area contributed by atoms with Crippen molar-refractivity contribution >= 4 is 5.91 Å². The Balaban J connectivity index is 1.81. The number of hydrogen-bond donors (Lipinski definition) is 0. The summed E-state index contributed by atoms with van der Waals surface area (Å²) in [5.41, 5.74) is 2.03. The Morgan fingerprint density at radius 3 is 2.65 bits per heavy atom. The molecule has 120 valence electrons. The summed E-state index contributed by atoms with van der Waals surface area (Å²) in [4.78, 5) is 14.7. The van der Waals surface area contributed by atoms with Gasteiger partial charge in [-0.1, -0.05) is 49.4 Å². The molecule has 0 N–H and O–H groups in total. The van der Waals surface area contributed by atoms with Crippen molar-refractivity contribution in [2.75, 3.05) is 13.8 Å². The molecule has 2 aromatic carbocycles. The molecule has 2 aromatic rings. The lowest BCUT2D eigenvalue weighted by molar-refractivity contribution is -0.132. The molecule has 23 heavy (non-hydrogen) atoms. The number of ether oxygens (including phenoxy) is 2. The molecule has 0 radical (unpaired) electrons. The van der Waals surface area contributed by atoms with Crippen LogP contribution in [-0.4, -0.2) is 24.6 Å². The maximum Gasteiger partial charge on any atom is 0.231 e. The first-order valence-electron chi connectivity index (χ1n) is 7.88. The molecule has 1 aliphatic heterocycles. The molecule has 4 heteroatoms. The number of amides is 1. The normalized spacial score (nSPS) is 13.7. The summed E-state index contributed by atoms with van der Waals surface area (Å²) in [7, 11) is 1.85. The van der Waals surface area contributed by atoms with E-state index in [1.165, 1.54) is 0 Å². The first kappa shape index (κ1) is 15.4. The number of rotatable bonds is 5. The van der Waals surface area contributed by atoms with Gasteiger partial charge < -0.3 is 14.4 Å². The second-order valence-corrected chi connectivity index (χ2v) is 5.72. The SMILES string of the molecule is CCC(C(=O)N(C)Cc1ccccc1)c1cccc2c1OCO2. The fourth-order valence-electron chi connectivity index (χ4n) is 2.96. The van der Waals surface area contributed by atoms with Crippen molar-refractivity contribution in [2.45, 2.75) is 25.8 Å². The largest absolute Gasteiger partial charge is 0.454 e. The maximum absolute atomic E-state index is 12.9. The van der Waals surface area contributed by atoms with Crippen molar-refractivity contribution in [3.05, 3.63) is 59.7 Å². The van der Waals surface area contributed by atoms with Gasteiger partial charge in [-0.15, -0.1) is 0 Å². The summed E-state index contributed by atoms with van der Waals surface area (Å²) in [5, 5.41) is 0. The van der Waals surface area contributed by atoms with Crippen LogP contribution < -0.4 is 9.47 Å². The van der Waals surface area contributed by atoms with Crippen molar-refractivity contribution in [1.29, 1.82) is 0 Å². The summed E-state index contributed by atoms with van der Waals surface area (Å²) >= 11 is 0. The highest BCUT2D eigenvalue weighted by Crippen LogP contribution is 2.40. The lowest BCUT2D eigenvalue weighted by Crippen LogP contribution is -2.31. The number of carbonyl (C=O) groups is 1. The zero-order valence-corrected chi connectivity index (χ0v) is 13.5. The quantitative estimate of drug-likeness (QED) is 0.847. The van der Waals surface area contributed by atoms with Crippen molar-refractivity contribution in [3.8, 4) is 11.5 Å². The molecule has 1 aliphatic rings. The molecular weight excluding hydrogens is 290 g/mol. The highest BCUT2D eigenvalue weighted by Gasteiger charge is 2.28. The molecule has 3 rings (SSSR count). The minimum Gasteiger partial charge on any atom is -0.454 e. The van der Waals surface area contributed by atoms with Gasteiger partial charge in [-0.05, 0) is 18.1 Å². The average molecular weight is 311 g/mol. The monoisotopic (exact) mass is 311 g/mol. The lowest BCUT2D eigenvalue weighted by atomic mass is 9.93. The third kappa shape index (κ3) is 3.16. The van der Waals surface area contributed by atoms with Crippen LogP contribution >= 0.6 is 0 Å². The Bertz CT molecular complexity index is 684. The van der Waals surface area contributed by atoms with Crippen LogP contribution in [0.25, 0.3) is 0 Å². The maximum atomic E-state index is 12.9. The van der Waals surface area contributed by atoms with Crippen molar-refractivity contribution in [2.24, 2.45) is 0 Å². The zero-order chi connectivity index (χ0) is 16.2. The molecule has 0 saturated heterocycles. The van der Waals surface area contributed by atoms with E-state index in [1.54, 1.807) is 4.90 Å². The topological polar surface area (TPSA) is 38.8 Å². The average Bonchev–Trinajstić information content (AvgIpc) is 3.05. The summed E-state index contributed by atoms with van der Waals surface area (Å²) in [6.07, 6.45) is 0.720. The third-order valence-corrected chi connectivity index (χ3v) is 4.15. The molecular formula is C19H21NO3. The fourth-order valence-corrected chi connectivity index (χ4v) is 2.96. The van der Waals surface area contributed by atoms with Crippen LogP contribution in [0.15, 0.2) is 48.5 Å². The minimum atomic E-state index is -0.222. The highest BCUT2D eigenvalue weighted by molar-refractivity contribution is 5.84. The van der Waals surface area contributed by atoms with Gasteiger partial charge in [0.05, 0.1) is 5.92 Å². The Labute approximate surface area is 136 Å². The number of nitrogens with zero attached hydrogens (tertiary/aromatic N) is 1. The van der Waals surface area contributed by atoms with Crippen LogP contribution in [0.1, 0.15) is 30.4 Å². The number of benzene rings is 2. The fraction of sp³-hybridized carbons (Fsp3) is 0.316. The molecule has 0 spiro atoms. The van der Waals surface area contributed by atoms with Crippen LogP contribution in [0.2, 0.25) is 0 Å². The highest BCUT2D eigenvalue weighted by atomic mass is 16.7. The summed E-state index contributed by atoms with van der Waals surface area (Å²) in [6, 6.07) is 15.7. The van der Waals surface area contributed by atoms with Crippen LogP contribution in [0, 0.1) is 0 Å². The predicted octanol–water partition coefficient (Wildman–Crippen LogP) is 3.57. The van der Waals surface area contributed by atoms with Crippen molar-refractivity contribution in [1.82, 2.24) is 4.90 Å². The van der Waals surface area contributed by atoms with Crippen LogP contribution in [0.4, 0.5) is 0 Å². The molecule has 4 nitrogen and oxygen atoms in total. The lowest BCUT2D eigenvalue weighted by Gasteiger charge is -2.24. The standard InChI is InChI=1S/C19H21NO3/c1-3-15(16-10-7-11-17-18(16)23-13-22-17)19(21)20(2)12-14-8-5-4-6-9-14/h4-11,15H,3,12-13H2,1-2H3. The summed E-state index contributed by atoms with van der Waals surface area (Å²) in [6.45, 7) is 2.84. The van der Waals surface area contributed by atoms with E-state index < -0.39 is 0 Å². The van der Waals surface area contributed by atoms with Gasteiger partial charge in [0.1, 0.15) is 0 Å². The Morgan fingerprint density at radius 2 is 1.91 bits per heavy atom. The summed E-state index contributed by atoms with van der Waals surface area (Å²) < 4.78 is 11.0. The molecule has 1 amide bonds. The van der Waals surface area contributed by atoms with Crippen molar-refractivity contribution in [3.63, 3.8) is 0 Å². The number of carbonyl (C=O) groups excluding carboxylic acids is 1. The number of fused-ring (bicyclic) bond motifs is 1. The Morgan fingerprint density at radius 1 is 1.13 bits per heavy atom. The van der Waals surface area contributed by atoms with Crippen LogP contribution in [0.5, 0.6) is 11.5 Å². The molecule has 1 unspecified atom stereocenters. The second-order valence-electron chi connectivity index (χ2n) is 5.72. The van der Waals surface area contributed by atoms with Gasteiger partial charge in [-0.3, -0.25) is 4.79 Å². The smallest absolute Gasteiger partial charge is 0.231 e. The second kappa shape index (κ2) is 6.73. The Kier molecular flexibility index (Phi) is 4.51. The van der Waals surface area contributed by atoms with Gasteiger partial charge in [0, 0.05) is 19.2 Å². The molecule has 1 atom stereocenters. The first-order chi connectivity index (χ1) is 11.2. The van der Waals surface area contributed by atoms with E-state index in [1.807, 2.05) is 62.5 Å². The predicted molar refractivity (Wildman–Crippen MR) is 88.5 cm³/mol. The van der Waals surface area contributed by atoms with E-state index >= 15 is 0 Å². The van der Waals surface area contributed by atoms with E-state index in [-0.39, 0.29) is 18.6 Å². The minimum absolute atomic E-state index is 0.0975. The van der Waals surface area contributed by atoms with Crippen molar-refractivity contribution < 1.29 is 14.3 Å². The molecule has 0 saturated carbocycles. The van der Waals surface area contributed by atoms with E-state index in [9.17, 15) is 4.79 Å². The molecule has 0 fully saturated rings. The van der Waals surface area contributed by atoms with Crippen LogP contribution in [-0.2, 0) is 11.3 Å². The van der Waals surface area contributed by atoms with Gasteiger partial charge >= 0.3 is 0 Å². The third-order valence-electron chi connectivity index (χ3n) is 4.15. The molecule has 0 bridgehead atoms. The van der Waals surface area contributed by atoms with Gasteiger partial charge in [0.2, 0.25) is 12.7 Å². The van der Waals surface area contributed by atoms with Gasteiger partial charge in [-0.25, -0.2) is 0 Å². The molecule has 1 heterocycles. The first-order valence-corrected chi connectivity index (χ1v) is 7.88. The van der Waals surface area contributed by atoms with Gasteiger partial charge in [-0.2, -0.15) is 0 Å². The van der Waals surface area contributed by atoms with Gasteiger partial charge in [0.25, 0.3) is 0 Å². The Hall–Kier alpha value is -2.49. The van der Waals surface area contributed by atoms with E-state index in [2.05, 4.69) is 0 Å².